The van der Waals surface area contributed by atoms with E-state index in [-0.39, 0.29) is 5.82 Å². The molecule has 1 aromatic carbocycles. The van der Waals surface area contributed by atoms with Gasteiger partial charge in [-0.1, -0.05) is 25.6 Å². The highest BCUT2D eigenvalue weighted by Crippen LogP contribution is 2.31. The van der Waals surface area contributed by atoms with Gasteiger partial charge in [-0.15, -0.1) is 0 Å². The van der Waals surface area contributed by atoms with Crippen LogP contribution < -0.4 is 10.6 Å². The second-order valence-electron chi connectivity index (χ2n) is 11.2. The molecule has 0 atom stereocenters. The minimum atomic E-state index is -0.218. The molecule has 1 aliphatic rings. The number of aromatic nitrogens is 5. The Hall–Kier alpha value is -4.36. The molecule has 0 bridgehead atoms. The van der Waals surface area contributed by atoms with E-state index in [1.807, 2.05) is 24.7 Å². The second kappa shape index (κ2) is 12.2. The van der Waals surface area contributed by atoms with Crippen molar-refractivity contribution in [3.8, 4) is 22.5 Å². The number of pyridine rings is 2. The summed E-state index contributed by atoms with van der Waals surface area (Å²) < 4.78 is 14.8. The number of hydrogen-bond acceptors (Lipinski definition) is 4. The van der Waals surface area contributed by atoms with Gasteiger partial charge in [0, 0.05) is 34.8 Å². The number of benzene rings is 1. The first-order valence-electron chi connectivity index (χ1n) is 14.8. The van der Waals surface area contributed by atoms with Crippen molar-refractivity contribution in [1.29, 1.82) is 0 Å². The van der Waals surface area contributed by atoms with E-state index < -0.39 is 0 Å². The summed E-state index contributed by atoms with van der Waals surface area (Å²) in [6.45, 7) is 12.0. The van der Waals surface area contributed by atoms with Crippen LogP contribution in [0.5, 0.6) is 0 Å². The van der Waals surface area contributed by atoms with Gasteiger partial charge >= 0.3 is 0 Å². The number of rotatable bonds is 9. The van der Waals surface area contributed by atoms with Gasteiger partial charge in [-0.05, 0) is 117 Å². The molecule has 1 fully saturated rings. The summed E-state index contributed by atoms with van der Waals surface area (Å²) >= 11 is 0. The molecular weight excluding hydrogens is 523 g/mol. The van der Waals surface area contributed by atoms with Crippen LogP contribution in [0.15, 0.2) is 61.2 Å². The Morgan fingerprint density at radius 2 is 1.86 bits per heavy atom. The van der Waals surface area contributed by atoms with E-state index in [0.717, 1.165) is 86.5 Å². The fraction of sp³-hybridized carbons (Fsp3) is 0.286. The van der Waals surface area contributed by atoms with Crippen molar-refractivity contribution in [3.63, 3.8) is 0 Å². The molecule has 6 rings (SSSR count). The van der Waals surface area contributed by atoms with Gasteiger partial charge < -0.3 is 9.88 Å². The molecule has 42 heavy (non-hydrogen) atoms. The minimum absolute atomic E-state index is 0.218. The van der Waals surface area contributed by atoms with E-state index in [1.54, 1.807) is 18.3 Å². The van der Waals surface area contributed by atoms with Crippen LogP contribution in [-0.4, -0.2) is 49.7 Å². The van der Waals surface area contributed by atoms with E-state index in [1.165, 1.54) is 31.5 Å². The van der Waals surface area contributed by atoms with Gasteiger partial charge in [-0.3, -0.25) is 15.1 Å². The number of nitrogens with zero attached hydrogens (tertiary/aromatic N) is 4. The van der Waals surface area contributed by atoms with E-state index in [4.69, 9.17) is 0 Å². The van der Waals surface area contributed by atoms with E-state index in [0.29, 0.717) is 0 Å². The van der Waals surface area contributed by atoms with Crippen LogP contribution in [0.2, 0.25) is 0 Å². The van der Waals surface area contributed by atoms with Crippen LogP contribution >= 0.6 is 0 Å². The molecule has 1 aliphatic heterocycles. The molecule has 7 heteroatoms. The zero-order chi connectivity index (χ0) is 29.1. The molecule has 214 valence electrons. The zero-order valence-corrected chi connectivity index (χ0v) is 24.4. The number of aryl methyl sites for hydroxylation is 2. The number of H-pyrrole nitrogens is 2. The summed E-state index contributed by atoms with van der Waals surface area (Å²) in [4.78, 5) is 14.8. The summed E-state index contributed by atoms with van der Waals surface area (Å²) in [5.74, 6) is -0.218. The summed E-state index contributed by atoms with van der Waals surface area (Å²) in [5, 5.41) is 10.3. The Morgan fingerprint density at radius 3 is 2.69 bits per heavy atom. The van der Waals surface area contributed by atoms with Crippen molar-refractivity contribution in [2.24, 2.45) is 0 Å². The lowest BCUT2D eigenvalue weighted by Crippen LogP contribution is -2.21. The predicted molar refractivity (Wildman–Crippen MR) is 170 cm³/mol. The number of allylic oxidation sites excluding steroid dienone is 2. The van der Waals surface area contributed by atoms with Gasteiger partial charge in [0.2, 0.25) is 0 Å². The number of halogens is 1. The van der Waals surface area contributed by atoms with E-state index in [9.17, 15) is 4.39 Å². The molecule has 0 unspecified atom stereocenters. The molecule has 0 spiro atoms. The summed E-state index contributed by atoms with van der Waals surface area (Å²) in [5.41, 5.74) is 8.61. The standard InChI is InChI=1S/C35H37FN6/c1-4-25-14-28(20-37-19-25)23(2)9-10-32-24(3)35(41-40-32)33-18-30-31(21-38-22-34(30)39-33)27-15-26(16-29(36)17-27)8-7-13-42-11-5-6-12-42/h9-10,14-22,39-40H,3-8,11-13H2,1-2H3/b23-9+,32-10+. The maximum Gasteiger partial charge on any atom is 0.124 e. The Balaban J connectivity index is 1.27. The van der Waals surface area contributed by atoms with Gasteiger partial charge in [0.1, 0.15) is 11.5 Å². The quantitative estimate of drug-likeness (QED) is 0.231. The average molecular weight is 561 g/mol. The van der Waals surface area contributed by atoms with Crippen LogP contribution in [0.1, 0.15) is 49.8 Å². The molecule has 5 heterocycles. The fourth-order valence-electron chi connectivity index (χ4n) is 5.81. The van der Waals surface area contributed by atoms with E-state index >= 15 is 0 Å². The molecular formula is C35H37FN6. The lowest BCUT2D eigenvalue weighted by molar-refractivity contribution is 0.334. The zero-order valence-electron chi connectivity index (χ0n) is 24.4. The van der Waals surface area contributed by atoms with Crippen LogP contribution in [0.4, 0.5) is 4.39 Å². The lowest BCUT2D eigenvalue weighted by Gasteiger charge is -2.14. The molecule has 6 nitrogen and oxygen atoms in total. The molecule has 2 N–H and O–H groups in total. The van der Waals surface area contributed by atoms with Crippen molar-refractivity contribution < 1.29 is 4.39 Å². The Kier molecular flexibility index (Phi) is 8.11. The molecule has 0 radical (unpaired) electrons. The molecule has 0 saturated carbocycles. The molecule has 0 amide bonds. The summed E-state index contributed by atoms with van der Waals surface area (Å²) in [6.07, 6.45) is 16.9. The van der Waals surface area contributed by atoms with Gasteiger partial charge in [0.05, 0.1) is 22.8 Å². The Bertz CT molecular complexity index is 1860. The summed E-state index contributed by atoms with van der Waals surface area (Å²) in [7, 11) is 0. The molecule has 5 aromatic rings. The van der Waals surface area contributed by atoms with Gasteiger partial charge in [-0.2, -0.15) is 5.10 Å². The number of aromatic amines is 2. The molecule has 4 aromatic heterocycles. The highest BCUT2D eigenvalue weighted by atomic mass is 19.1. The first kappa shape index (κ1) is 27.8. The van der Waals surface area contributed by atoms with Crippen LogP contribution in [0, 0.1) is 5.82 Å². The van der Waals surface area contributed by atoms with Crippen LogP contribution in [0.3, 0.4) is 0 Å². The normalized spacial score (nSPS) is 14.8. The summed E-state index contributed by atoms with van der Waals surface area (Å²) in [6, 6.07) is 9.59. The van der Waals surface area contributed by atoms with Crippen LogP contribution in [-0.2, 0) is 12.8 Å². The smallest absolute Gasteiger partial charge is 0.124 e. The third-order valence-electron chi connectivity index (χ3n) is 8.27. The third kappa shape index (κ3) is 5.97. The first-order chi connectivity index (χ1) is 20.5. The lowest BCUT2D eigenvalue weighted by atomic mass is 9.99. The van der Waals surface area contributed by atoms with Crippen molar-refractivity contribution in [2.45, 2.75) is 46.0 Å². The molecule has 1 saturated heterocycles. The van der Waals surface area contributed by atoms with Gasteiger partial charge in [0.25, 0.3) is 0 Å². The average Bonchev–Trinajstić information content (AvgIpc) is 3.75. The molecule has 0 aliphatic carbocycles. The van der Waals surface area contributed by atoms with Gasteiger partial charge in [0.15, 0.2) is 0 Å². The SMILES string of the molecule is C=c1c(-c2cc3c(-c4cc(F)cc(CCCN5CCCC5)c4)cncc3[nH]2)n[nH]/c1=C/C=C(\C)c1cncc(CC)c1. The number of likely N-dealkylation sites (tertiary alicyclic amines) is 1. The fourth-order valence-corrected chi connectivity index (χ4v) is 5.81. The van der Waals surface area contributed by atoms with Crippen molar-refractivity contribution >= 4 is 29.1 Å². The highest BCUT2D eigenvalue weighted by molar-refractivity contribution is 5.97. The topological polar surface area (TPSA) is 73.5 Å². The van der Waals surface area contributed by atoms with Crippen molar-refractivity contribution in [2.75, 3.05) is 19.6 Å². The van der Waals surface area contributed by atoms with Crippen molar-refractivity contribution in [1.82, 2.24) is 30.0 Å². The largest absolute Gasteiger partial charge is 0.352 e. The van der Waals surface area contributed by atoms with Gasteiger partial charge in [-0.25, -0.2) is 4.39 Å². The van der Waals surface area contributed by atoms with Crippen molar-refractivity contribution in [3.05, 3.63) is 94.3 Å². The van der Waals surface area contributed by atoms with Crippen LogP contribution in [0.25, 0.3) is 51.6 Å². The number of hydrogen-bond donors (Lipinski definition) is 2. The Labute approximate surface area is 245 Å². The predicted octanol–water partition coefficient (Wildman–Crippen LogP) is 6.04. The van der Waals surface area contributed by atoms with E-state index in [2.05, 4.69) is 74.8 Å². The Morgan fingerprint density at radius 1 is 1.02 bits per heavy atom. The first-order valence-corrected chi connectivity index (χ1v) is 14.8. The number of fused-ring (bicyclic) bond motifs is 1. The minimum Gasteiger partial charge on any atom is -0.352 e. The second-order valence-corrected chi connectivity index (χ2v) is 11.2. The number of nitrogens with one attached hydrogen (secondary N) is 2. The highest BCUT2D eigenvalue weighted by Gasteiger charge is 2.14. The monoisotopic (exact) mass is 560 g/mol. The third-order valence-corrected chi connectivity index (χ3v) is 8.27. The maximum atomic E-state index is 14.8. The maximum absolute atomic E-state index is 14.8.